The van der Waals surface area contributed by atoms with Gasteiger partial charge in [0.15, 0.2) is 5.78 Å². The van der Waals surface area contributed by atoms with E-state index in [1.165, 1.54) is 28.0 Å². The summed E-state index contributed by atoms with van der Waals surface area (Å²) in [4.78, 5) is 14.4. The van der Waals surface area contributed by atoms with Gasteiger partial charge in [-0.05, 0) is 103 Å². The maximum atomic E-state index is 12.2. The Hall–Kier alpha value is -2.31. The van der Waals surface area contributed by atoms with Crippen LogP contribution in [-0.4, -0.2) is 31.1 Å². The van der Waals surface area contributed by atoms with Crippen LogP contribution in [0.25, 0.3) is 0 Å². The average Bonchev–Trinajstić information content (AvgIpc) is 3.12. The van der Waals surface area contributed by atoms with Gasteiger partial charge in [0.25, 0.3) is 0 Å². The number of fused-ring (bicyclic) bond motifs is 4. The second-order valence-electron chi connectivity index (χ2n) is 11.8. The molecule has 4 aliphatic carbocycles. The highest BCUT2D eigenvalue weighted by Gasteiger charge is 2.56. The molecular weight excluding hydrogens is 430 g/mol. The average molecular weight is 474 g/mol. The van der Waals surface area contributed by atoms with Crippen LogP contribution in [0.2, 0.25) is 0 Å². The Kier molecular flexibility index (Phi) is 7.35. The van der Waals surface area contributed by atoms with Crippen LogP contribution in [0.15, 0.2) is 41.0 Å². The third kappa shape index (κ3) is 4.51. The summed E-state index contributed by atoms with van der Waals surface area (Å²) < 4.78 is 0. The van der Waals surface area contributed by atoms with Crippen LogP contribution < -0.4 is 4.90 Å². The fourth-order valence-electron chi connectivity index (χ4n) is 7.59. The number of terminal acetylenes is 1. The molecule has 0 radical (unpaired) electrons. The normalized spacial score (nSPS) is 31.5. The summed E-state index contributed by atoms with van der Waals surface area (Å²) in [6, 6.07) is 7.09. The van der Waals surface area contributed by atoms with E-state index in [4.69, 9.17) is 0 Å². The lowest BCUT2D eigenvalue weighted by Crippen LogP contribution is -2.45. The molecule has 0 amide bonds. The van der Waals surface area contributed by atoms with Gasteiger partial charge in [-0.3, -0.25) is 4.79 Å². The van der Waals surface area contributed by atoms with Crippen molar-refractivity contribution < 1.29 is 9.90 Å². The van der Waals surface area contributed by atoms with E-state index in [0.717, 1.165) is 38.5 Å². The van der Waals surface area contributed by atoms with Gasteiger partial charge in [0.1, 0.15) is 0 Å². The smallest absolute Gasteiger partial charge is 0.156 e. The number of hydrogen-bond acceptors (Lipinski definition) is 3. The summed E-state index contributed by atoms with van der Waals surface area (Å²) in [6.07, 6.45) is 13.2. The first kappa shape index (κ1) is 25.8. The van der Waals surface area contributed by atoms with Gasteiger partial charge in [0, 0.05) is 32.1 Å². The molecular formula is C32H43NO2. The second-order valence-corrected chi connectivity index (χ2v) is 11.8. The van der Waals surface area contributed by atoms with E-state index < -0.39 is 0 Å². The summed E-state index contributed by atoms with van der Waals surface area (Å²) in [5.41, 5.74) is 8.53. The molecule has 3 nitrogen and oxygen atoms in total. The van der Waals surface area contributed by atoms with Crippen molar-refractivity contribution in [2.45, 2.75) is 90.6 Å². The highest BCUT2D eigenvalue weighted by molar-refractivity contribution is 5.93. The van der Waals surface area contributed by atoms with Crippen LogP contribution >= 0.6 is 0 Å². The number of anilines is 1. The van der Waals surface area contributed by atoms with Crippen molar-refractivity contribution in [3.63, 3.8) is 0 Å². The lowest BCUT2D eigenvalue weighted by Gasteiger charge is -2.52. The van der Waals surface area contributed by atoms with Crippen LogP contribution in [0.1, 0.15) is 95.6 Å². The van der Waals surface area contributed by atoms with Gasteiger partial charge in [-0.25, -0.2) is 0 Å². The zero-order chi connectivity index (χ0) is 25.5. The maximum Gasteiger partial charge on any atom is 0.156 e. The molecule has 1 N–H and O–H groups in total. The molecule has 4 aliphatic rings. The molecule has 1 aromatic rings. The van der Waals surface area contributed by atoms with E-state index >= 15 is 0 Å². The van der Waals surface area contributed by atoms with Gasteiger partial charge in [0.2, 0.25) is 0 Å². The minimum absolute atomic E-state index is 0.0106. The van der Waals surface area contributed by atoms with Gasteiger partial charge < -0.3 is 10.0 Å². The van der Waals surface area contributed by atoms with Crippen LogP contribution in [0.3, 0.4) is 0 Å². The fraction of sp³-hybridized carbons (Fsp3) is 0.594. The van der Waals surface area contributed by atoms with E-state index in [1.807, 2.05) is 6.08 Å². The molecule has 2 saturated carbocycles. The summed E-state index contributed by atoms with van der Waals surface area (Å²) >= 11 is 0. The molecule has 188 valence electrons. The number of rotatable bonds is 3. The van der Waals surface area contributed by atoms with E-state index in [2.05, 4.69) is 70.3 Å². The minimum atomic E-state index is -0.197. The molecule has 2 fully saturated rings. The summed E-state index contributed by atoms with van der Waals surface area (Å²) in [5, 5.41) is 11.1. The molecule has 0 bridgehead atoms. The van der Waals surface area contributed by atoms with Crippen LogP contribution in [-0.2, 0) is 4.79 Å². The Morgan fingerprint density at radius 3 is 2.51 bits per heavy atom. The first-order valence-corrected chi connectivity index (χ1v) is 13.5. The van der Waals surface area contributed by atoms with Crippen molar-refractivity contribution in [2.24, 2.45) is 17.3 Å². The van der Waals surface area contributed by atoms with E-state index in [0.29, 0.717) is 35.9 Å². The Morgan fingerprint density at radius 1 is 1.14 bits per heavy atom. The molecule has 5 atom stereocenters. The first-order valence-electron chi connectivity index (χ1n) is 13.5. The maximum absolute atomic E-state index is 12.2. The first-order chi connectivity index (χ1) is 16.6. The number of benzene rings is 1. The molecule has 0 aromatic heterocycles. The largest absolute Gasteiger partial charge is 0.393 e. The van der Waals surface area contributed by atoms with Crippen LogP contribution in [0.5, 0.6) is 0 Å². The number of aliphatic hydroxyl groups excluding tert-OH is 1. The molecule has 35 heavy (non-hydrogen) atoms. The van der Waals surface area contributed by atoms with E-state index in [-0.39, 0.29) is 11.5 Å². The number of carbonyl (C=O) groups excluding carboxylic acids is 1. The molecule has 0 saturated heterocycles. The van der Waals surface area contributed by atoms with Crippen molar-refractivity contribution >= 4 is 11.5 Å². The van der Waals surface area contributed by atoms with Gasteiger partial charge in [-0.1, -0.05) is 38.5 Å². The summed E-state index contributed by atoms with van der Waals surface area (Å²) in [7, 11) is 4.25. The van der Waals surface area contributed by atoms with Crippen LogP contribution in [0.4, 0.5) is 5.69 Å². The van der Waals surface area contributed by atoms with Gasteiger partial charge in [-0.2, -0.15) is 0 Å². The van der Waals surface area contributed by atoms with Gasteiger partial charge in [-0.15, -0.1) is 12.3 Å². The van der Waals surface area contributed by atoms with Crippen molar-refractivity contribution in [1.82, 2.24) is 0 Å². The lowest BCUT2D eigenvalue weighted by atomic mass is 9.53. The number of hydrogen-bond donors (Lipinski definition) is 1. The predicted molar refractivity (Wildman–Crippen MR) is 146 cm³/mol. The third-order valence-electron chi connectivity index (χ3n) is 9.24. The second kappa shape index (κ2) is 9.98. The van der Waals surface area contributed by atoms with E-state index in [1.54, 1.807) is 12.5 Å². The van der Waals surface area contributed by atoms with Crippen molar-refractivity contribution in [2.75, 3.05) is 19.0 Å². The molecule has 5 unspecified atom stereocenters. The van der Waals surface area contributed by atoms with Crippen LogP contribution in [0, 0.1) is 29.6 Å². The third-order valence-corrected chi connectivity index (χ3v) is 9.24. The summed E-state index contributed by atoms with van der Waals surface area (Å²) in [6.45, 7) is 8.57. The zero-order valence-electron chi connectivity index (χ0n) is 22.5. The zero-order valence-corrected chi connectivity index (χ0v) is 22.5. The molecule has 0 heterocycles. The Bertz CT molecular complexity index is 1090. The Labute approximate surface area is 212 Å². The number of ketones is 1. The minimum Gasteiger partial charge on any atom is -0.393 e. The lowest BCUT2D eigenvalue weighted by molar-refractivity contribution is -0.114. The van der Waals surface area contributed by atoms with Crippen molar-refractivity contribution in [3.05, 3.63) is 52.1 Å². The molecule has 1 aromatic carbocycles. The number of nitrogens with zero attached hydrogens (tertiary/aromatic N) is 1. The highest BCUT2D eigenvalue weighted by Crippen LogP contribution is 2.64. The fourth-order valence-corrected chi connectivity index (χ4v) is 7.59. The van der Waals surface area contributed by atoms with Crippen molar-refractivity contribution in [3.8, 4) is 12.3 Å². The molecule has 5 rings (SSSR count). The Morgan fingerprint density at radius 2 is 1.86 bits per heavy atom. The number of allylic oxidation sites excluding steroid dienone is 4. The predicted octanol–water partition coefficient (Wildman–Crippen LogP) is 6.78. The highest BCUT2D eigenvalue weighted by atomic mass is 16.3. The monoisotopic (exact) mass is 473 g/mol. The topological polar surface area (TPSA) is 40.5 Å². The standard InChI is InChI=1S/C29H39NO2.C3H4/c1-17(2)23-15-19(7-12-26(23)30(4)5)24-16-29(3)25(11-13-27(29)32)22-9-6-18-14-20(31)8-10-21(18)28(22)24;1-3-2/h7,12,14-15,17,22,24-25,27,32H,6,8-11,13,16H2,1-5H3;1H,2H3. The molecule has 0 spiro atoms. The SMILES string of the molecule is C#CC.CC(C)c1cc(C2CC3(C)C(O)CCC3C3CCC4=CC(=O)CCC4=C23)ccc1N(C)C. The van der Waals surface area contributed by atoms with Gasteiger partial charge in [0.05, 0.1) is 6.10 Å². The number of carbonyl (C=O) groups is 1. The molecule has 3 heteroatoms. The number of aliphatic hydroxyl groups is 1. The quantitative estimate of drug-likeness (QED) is 0.492. The van der Waals surface area contributed by atoms with Gasteiger partial charge >= 0.3 is 0 Å². The van der Waals surface area contributed by atoms with E-state index in [9.17, 15) is 9.90 Å². The van der Waals surface area contributed by atoms with Crippen molar-refractivity contribution in [1.29, 1.82) is 0 Å². The molecule has 0 aliphatic heterocycles. The summed E-state index contributed by atoms with van der Waals surface area (Å²) in [5.74, 6) is 4.47. The Balaban J connectivity index is 0.000000917.